The number of carbonyl (C=O) groups excluding carboxylic acids is 2. The molecule has 2 rings (SSSR count). The van der Waals surface area contributed by atoms with Crippen molar-refractivity contribution in [3.05, 3.63) is 12.2 Å². The van der Waals surface area contributed by atoms with E-state index in [1.165, 1.54) is 0 Å². The van der Waals surface area contributed by atoms with Crippen molar-refractivity contribution in [2.24, 2.45) is 11.8 Å². The predicted octanol–water partition coefficient (Wildman–Crippen LogP) is 1.63. The number of aliphatic hydroxyl groups excluding tert-OH is 1. The molecule has 0 aromatic heterocycles. The standard InChI is InChI=1S/C10H10Cl3NO3/c11-10(12,13)9(17)14-7(15)5-3-1-2-4-6(5)8(14)16/h1-2,5-6,9,17H,3-4H2. The maximum atomic E-state index is 12.0. The Bertz CT molecular complexity index is 365. The molecule has 1 heterocycles. The smallest absolute Gasteiger partial charge is 0.235 e. The van der Waals surface area contributed by atoms with E-state index in [2.05, 4.69) is 0 Å². The Morgan fingerprint density at radius 2 is 1.59 bits per heavy atom. The van der Waals surface area contributed by atoms with Gasteiger partial charge in [-0.05, 0) is 12.8 Å². The fourth-order valence-electron chi connectivity index (χ4n) is 2.21. The Hall–Kier alpha value is -0.290. The number of fused-ring (bicyclic) bond motifs is 1. The van der Waals surface area contributed by atoms with Crippen LogP contribution < -0.4 is 0 Å². The van der Waals surface area contributed by atoms with Gasteiger partial charge in [0.25, 0.3) is 0 Å². The Balaban J connectivity index is 2.27. The molecule has 3 unspecified atom stereocenters. The summed E-state index contributed by atoms with van der Waals surface area (Å²) in [6.07, 6.45) is 2.92. The van der Waals surface area contributed by atoms with Gasteiger partial charge in [0, 0.05) is 0 Å². The summed E-state index contributed by atoms with van der Waals surface area (Å²) in [6.45, 7) is 0. The second-order valence-electron chi connectivity index (χ2n) is 4.12. The van der Waals surface area contributed by atoms with Crippen LogP contribution in [0.4, 0.5) is 0 Å². The van der Waals surface area contributed by atoms with Gasteiger partial charge in [-0.1, -0.05) is 47.0 Å². The molecule has 1 aliphatic carbocycles. The number of hydrogen-bond acceptors (Lipinski definition) is 3. The molecule has 2 amide bonds. The van der Waals surface area contributed by atoms with Gasteiger partial charge in [0.05, 0.1) is 11.8 Å². The second-order valence-corrected chi connectivity index (χ2v) is 6.49. The summed E-state index contributed by atoms with van der Waals surface area (Å²) in [5, 5.41) is 9.74. The van der Waals surface area contributed by atoms with E-state index in [0.29, 0.717) is 17.7 Å². The first-order chi connectivity index (χ1) is 7.84. The van der Waals surface area contributed by atoms with Gasteiger partial charge >= 0.3 is 0 Å². The van der Waals surface area contributed by atoms with Crippen molar-refractivity contribution in [3.63, 3.8) is 0 Å². The molecule has 2 aliphatic rings. The summed E-state index contributed by atoms with van der Waals surface area (Å²) in [6, 6.07) is 0. The normalized spacial score (nSPS) is 30.7. The maximum absolute atomic E-state index is 12.0. The van der Waals surface area contributed by atoms with Crippen LogP contribution in [0.1, 0.15) is 12.8 Å². The van der Waals surface area contributed by atoms with Gasteiger partial charge in [-0.3, -0.25) is 14.5 Å². The lowest BCUT2D eigenvalue weighted by Gasteiger charge is -2.27. The van der Waals surface area contributed by atoms with E-state index in [0.717, 1.165) is 0 Å². The quantitative estimate of drug-likeness (QED) is 0.455. The summed E-state index contributed by atoms with van der Waals surface area (Å²) in [5.41, 5.74) is 0. The molecule has 1 saturated heterocycles. The highest BCUT2D eigenvalue weighted by molar-refractivity contribution is 6.68. The molecule has 0 saturated carbocycles. The monoisotopic (exact) mass is 297 g/mol. The van der Waals surface area contributed by atoms with Crippen LogP contribution in [0.5, 0.6) is 0 Å². The van der Waals surface area contributed by atoms with Crippen LogP contribution in [0, 0.1) is 11.8 Å². The summed E-state index contributed by atoms with van der Waals surface area (Å²) >= 11 is 16.5. The van der Waals surface area contributed by atoms with Gasteiger partial charge in [-0.2, -0.15) is 0 Å². The number of nitrogens with zero attached hydrogens (tertiary/aromatic N) is 1. The number of likely N-dealkylation sites (tertiary alicyclic amines) is 1. The van der Waals surface area contributed by atoms with E-state index in [4.69, 9.17) is 34.8 Å². The highest BCUT2D eigenvalue weighted by atomic mass is 35.6. The van der Waals surface area contributed by atoms with Gasteiger partial charge in [0.2, 0.25) is 15.6 Å². The van der Waals surface area contributed by atoms with Crippen molar-refractivity contribution in [1.29, 1.82) is 0 Å². The number of rotatable bonds is 1. The first-order valence-corrected chi connectivity index (χ1v) is 6.24. The number of allylic oxidation sites excluding steroid dienone is 2. The van der Waals surface area contributed by atoms with Crippen LogP contribution >= 0.6 is 34.8 Å². The molecule has 0 aromatic rings. The van der Waals surface area contributed by atoms with Crippen molar-refractivity contribution < 1.29 is 14.7 Å². The highest BCUT2D eigenvalue weighted by Gasteiger charge is 2.53. The van der Waals surface area contributed by atoms with Crippen molar-refractivity contribution in [2.45, 2.75) is 22.9 Å². The molecule has 0 radical (unpaired) electrons. The van der Waals surface area contributed by atoms with E-state index < -0.39 is 33.7 Å². The lowest BCUT2D eigenvalue weighted by Crippen LogP contribution is -2.47. The van der Waals surface area contributed by atoms with E-state index >= 15 is 0 Å². The van der Waals surface area contributed by atoms with Crippen LogP contribution in [-0.2, 0) is 9.59 Å². The Morgan fingerprint density at radius 1 is 1.18 bits per heavy atom. The van der Waals surface area contributed by atoms with E-state index in [9.17, 15) is 14.7 Å². The second kappa shape index (κ2) is 4.43. The number of aliphatic hydroxyl groups is 1. The van der Waals surface area contributed by atoms with Gasteiger partial charge in [-0.15, -0.1) is 0 Å². The number of carbonyl (C=O) groups is 2. The van der Waals surface area contributed by atoms with Crippen LogP contribution in [0.2, 0.25) is 0 Å². The molecule has 4 nitrogen and oxygen atoms in total. The maximum Gasteiger partial charge on any atom is 0.235 e. The minimum absolute atomic E-state index is 0.436. The molecule has 94 valence electrons. The molecule has 7 heteroatoms. The Labute approximate surface area is 113 Å². The first kappa shape index (κ1) is 13.1. The molecule has 0 aromatic carbocycles. The van der Waals surface area contributed by atoms with Gasteiger partial charge in [0.1, 0.15) is 0 Å². The molecular weight excluding hydrogens is 288 g/mol. The lowest BCUT2D eigenvalue weighted by atomic mass is 9.85. The molecule has 0 bridgehead atoms. The summed E-state index contributed by atoms with van der Waals surface area (Å²) in [4.78, 5) is 24.6. The Morgan fingerprint density at radius 3 is 1.94 bits per heavy atom. The first-order valence-electron chi connectivity index (χ1n) is 5.10. The molecule has 3 atom stereocenters. The van der Waals surface area contributed by atoms with E-state index in [1.54, 1.807) is 0 Å². The number of imide groups is 1. The third kappa shape index (κ3) is 2.19. The number of amides is 2. The summed E-state index contributed by atoms with van der Waals surface area (Å²) in [7, 11) is 0. The van der Waals surface area contributed by atoms with Gasteiger partial charge in [0.15, 0.2) is 6.23 Å². The molecule has 1 aliphatic heterocycles. The average Bonchev–Trinajstić information content (AvgIpc) is 2.51. The highest BCUT2D eigenvalue weighted by Crippen LogP contribution is 2.40. The number of halogens is 3. The Kier molecular flexibility index (Phi) is 3.42. The van der Waals surface area contributed by atoms with E-state index in [1.807, 2.05) is 12.2 Å². The van der Waals surface area contributed by atoms with Gasteiger partial charge in [-0.25, -0.2) is 0 Å². The van der Waals surface area contributed by atoms with Crippen LogP contribution in [0.3, 0.4) is 0 Å². The van der Waals surface area contributed by atoms with Crippen molar-refractivity contribution >= 4 is 46.6 Å². The summed E-state index contributed by atoms with van der Waals surface area (Å²) in [5.74, 6) is -1.81. The number of alkyl halides is 3. The topological polar surface area (TPSA) is 57.6 Å². The van der Waals surface area contributed by atoms with Crippen molar-refractivity contribution in [1.82, 2.24) is 4.90 Å². The number of hydrogen-bond donors (Lipinski definition) is 1. The average molecular weight is 299 g/mol. The molecule has 17 heavy (non-hydrogen) atoms. The zero-order valence-electron chi connectivity index (χ0n) is 8.65. The van der Waals surface area contributed by atoms with Crippen LogP contribution in [0.15, 0.2) is 12.2 Å². The molecular formula is C10H10Cl3NO3. The molecule has 0 spiro atoms. The zero-order chi connectivity index (χ0) is 12.8. The van der Waals surface area contributed by atoms with Gasteiger partial charge < -0.3 is 5.11 Å². The zero-order valence-corrected chi connectivity index (χ0v) is 10.9. The van der Waals surface area contributed by atoms with Crippen molar-refractivity contribution in [3.8, 4) is 0 Å². The fourth-order valence-corrected chi connectivity index (χ4v) is 2.51. The third-order valence-electron chi connectivity index (χ3n) is 3.08. The third-order valence-corrected chi connectivity index (χ3v) is 3.66. The summed E-state index contributed by atoms with van der Waals surface area (Å²) < 4.78 is -2.09. The van der Waals surface area contributed by atoms with E-state index in [-0.39, 0.29) is 0 Å². The molecule has 1 fully saturated rings. The minimum atomic E-state index is -2.09. The van der Waals surface area contributed by atoms with Crippen molar-refractivity contribution in [2.75, 3.05) is 0 Å². The van der Waals surface area contributed by atoms with Crippen LogP contribution in [-0.4, -0.2) is 31.8 Å². The SMILES string of the molecule is O=C1C2CC=CCC2C(=O)N1C(O)C(Cl)(Cl)Cl. The lowest BCUT2D eigenvalue weighted by molar-refractivity contribution is -0.150. The van der Waals surface area contributed by atoms with Crippen LogP contribution in [0.25, 0.3) is 0 Å². The molecule has 1 N–H and O–H groups in total. The predicted molar refractivity (Wildman–Crippen MR) is 63.5 cm³/mol. The fraction of sp³-hybridized carbons (Fsp3) is 0.600. The minimum Gasteiger partial charge on any atom is -0.369 e. The largest absolute Gasteiger partial charge is 0.369 e.